The molecule has 92 valence electrons. The molecule has 1 amide bonds. The van der Waals surface area contributed by atoms with Gasteiger partial charge in [-0.1, -0.05) is 20.8 Å². The molecule has 0 aliphatic rings. The van der Waals surface area contributed by atoms with Crippen LogP contribution < -0.4 is 5.32 Å². The lowest BCUT2D eigenvalue weighted by molar-refractivity contribution is -0.108. The molecule has 0 aromatic rings. The Morgan fingerprint density at radius 2 is 1.88 bits per heavy atom. The van der Waals surface area contributed by atoms with Gasteiger partial charge in [-0.05, 0) is 37.2 Å². The Morgan fingerprint density at radius 1 is 1.31 bits per heavy atom. The van der Waals surface area contributed by atoms with Gasteiger partial charge < -0.3 is 9.74 Å². The van der Waals surface area contributed by atoms with Crippen LogP contribution in [0.5, 0.6) is 0 Å². The molecule has 4 heteroatoms. The first-order chi connectivity index (χ1) is 7.20. The number of hydrogen-bond donors (Lipinski definition) is 1. The van der Waals surface area contributed by atoms with Crippen LogP contribution in [0.15, 0.2) is 24.1 Å². The quantitative estimate of drug-likeness (QED) is 0.347. The molecule has 0 heterocycles. The third-order valence-corrected chi connectivity index (χ3v) is 7.26. The predicted molar refractivity (Wildman–Crippen MR) is 70.4 cm³/mol. The molecule has 0 unspecified atom stereocenters. The van der Waals surface area contributed by atoms with E-state index in [1.54, 1.807) is 12.3 Å². The number of carbonyl (C=O) groups is 1. The van der Waals surface area contributed by atoms with E-state index in [0.29, 0.717) is 6.41 Å². The Hall–Kier alpha value is -1.03. The Labute approximate surface area is 99.7 Å². The molecular formula is C12H23NO2Si. The average Bonchev–Trinajstić information content (AvgIpc) is 2.10. The molecule has 16 heavy (non-hydrogen) atoms. The maximum absolute atomic E-state index is 10.0. The molecule has 0 saturated heterocycles. The zero-order valence-electron chi connectivity index (χ0n) is 11.1. The maximum Gasteiger partial charge on any atom is 0.250 e. The molecule has 0 aromatic heterocycles. The summed E-state index contributed by atoms with van der Waals surface area (Å²) < 4.78 is 6.02. The van der Waals surface area contributed by atoms with Crippen molar-refractivity contribution >= 4 is 14.7 Å². The van der Waals surface area contributed by atoms with Gasteiger partial charge in [-0.2, -0.15) is 0 Å². The SMILES string of the molecule is C/C(=C\C=C/NC=O)O[Si](C)(C)C(C)(C)C. The fourth-order valence-corrected chi connectivity index (χ4v) is 2.05. The van der Waals surface area contributed by atoms with Crippen LogP contribution in [-0.4, -0.2) is 14.7 Å². The fraction of sp³-hybridized carbons (Fsp3) is 0.583. The van der Waals surface area contributed by atoms with Gasteiger partial charge in [0.1, 0.15) is 0 Å². The van der Waals surface area contributed by atoms with Crippen LogP contribution in [0.4, 0.5) is 0 Å². The minimum atomic E-state index is -1.73. The first-order valence-corrected chi connectivity index (χ1v) is 8.33. The van der Waals surface area contributed by atoms with E-state index in [9.17, 15) is 4.79 Å². The molecular weight excluding hydrogens is 218 g/mol. The molecule has 0 aliphatic heterocycles. The molecule has 0 aromatic carbocycles. The molecule has 0 spiro atoms. The van der Waals surface area contributed by atoms with E-state index >= 15 is 0 Å². The Bertz CT molecular complexity index is 288. The third-order valence-electron chi connectivity index (χ3n) is 2.81. The van der Waals surface area contributed by atoms with Crippen molar-refractivity contribution in [1.29, 1.82) is 0 Å². The number of rotatable bonds is 5. The zero-order valence-corrected chi connectivity index (χ0v) is 12.1. The summed E-state index contributed by atoms with van der Waals surface area (Å²) in [6.07, 6.45) is 5.83. The minimum absolute atomic E-state index is 0.201. The number of allylic oxidation sites excluding steroid dienone is 3. The van der Waals surface area contributed by atoms with Gasteiger partial charge in [-0.3, -0.25) is 4.79 Å². The Kier molecular flexibility index (Phi) is 5.51. The molecule has 0 rings (SSSR count). The first-order valence-electron chi connectivity index (χ1n) is 5.43. The molecule has 0 aliphatic carbocycles. The van der Waals surface area contributed by atoms with Gasteiger partial charge >= 0.3 is 0 Å². The van der Waals surface area contributed by atoms with Crippen LogP contribution in [0.25, 0.3) is 0 Å². The molecule has 0 atom stereocenters. The van der Waals surface area contributed by atoms with Crippen LogP contribution in [0.2, 0.25) is 18.1 Å². The highest BCUT2D eigenvalue weighted by Crippen LogP contribution is 2.37. The van der Waals surface area contributed by atoms with E-state index < -0.39 is 8.32 Å². The van der Waals surface area contributed by atoms with Crippen molar-refractivity contribution in [3.63, 3.8) is 0 Å². The van der Waals surface area contributed by atoms with E-state index in [0.717, 1.165) is 5.76 Å². The number of hydrogen-bond acceptors (Lipinski definition) is 2. The summed E-state index contributed by atoms with van der Waals surface area (Å²) in [7, 11) is -1.73. The van der Waals surface area contributed by atoms with Crippen molar-refractivity contribution in [1.82, 2.24) is 5.32 Å². The maximum atomic E-state index is 10.0. The topological polar surface area (TPSA) is 38.3 Å². The van der Waals surface area contributed by atoms with E-state index in [2.05, 4.69) is 39.2 Å². The van der Waals surface area contributed by atoms with Crippen LogP contribution >= 0.6 is 0 Å². The molecule has 0 radical (unpaired) electrons. The van der Waals surface area contributed by atoms with Gasteiger partial charge in [-0.15, -0.1) is 0 Å². The predicted octanol–water partition coefficient (Wildman–Crippen LogP) is 3.17. The molecule has 0 bridgehead atoms. The van der Waals surface area contributed by atoms with Gasteiger partial charge in [0, 0.05) is 6.20 Å². The third kappa shape index (κ3) is 5.16. The van der Waals surface area contributed by atoms with Gasteiger partial charge in [0.25, 0.3) is 0 Å². The second-order valence-corrected chi connectivity index (χ2v) is 10.0. The summed E-state index contributed by atoms with van der Waals surface area (Å²) in [5.74, 6) is 0.885. The van der Waals surface area contributed by atoms with Crippen LogP contribution in [-0.2, 0) is 9.22 Å². The van der Waals surface area contributed by atoms with Gasteiger partial charge in [0.2, 0.25) is 14.7 Å². The van der Waals surface area contributed by atoms with Crippen molar-refractivity contribution in [3.05, 3.63) is 24.1 Å². The Morgan fingerprint density at radius 3 is 2.31 bits per heavy atom. The van der Waals surface area contributed by atoms with E-state index in [-0.39, 0.29) is 5.04 Å². The van der Waals surface area contributed by atoms with Crippen LogP contribution in [0.1, 0.15) is 27.7 Å². The standard InChI is InChI=1S/C12H23NO2Si/c1-11(8-7-9-13-10-14)15-16(5,6)12(2,3)4/h7-10H,1-6H3,(H,13,14)/b9-7-,11-8+. The lowest BCUT2D eigenvalue weighted by Gasteiger charge is -2.36. The lowest BCUT2D eigenvalue weighted by atomic mass is 10.2. The molecule has 0 fully saturated rings. The summed E-state index contributed by atoms with van der Waals surface area (Å²) in [4.78, 5) is 10.0. The molecule has 3 nitrogen and oxygen atoms in total. The normalized spacial score (nSPS) is 14.0. The van der Waals surface area contributed by atoms with Crippen molar-refractivity contribution in [2.24, 2.45) is 0 Å². The van der Waals surface area contributed by atoms with Gasteiger partial charge in [0.05, 0.1) is 5.76 Å². The van der Waals surface area contributed by atoms with Crippen LogP contribution in [0.3, 0.4) is 0 Å². The summed E-state index contributed by atoms with van der Waals surface area (Å²) in [6, 6.07) is 0. The first kappa shape index (κ1) is 15.0. The van der Waals surface area contributed by atoms with Gasteiger partial charge in [-0.25, -0.2) is 0 Å². The van der Waals surface area contributed by atoms with E-state index in [4.69, 9.17) is 4.43 Å². The monoisotopic (exact) mass is 241 g/mol. The van der Waals surface area contributed by atoms with Gasteiger partial charge in [0.15, 0.2) is 0 Å². The van der Waals surface area contributed by atoms with Crippen molar-refractivity contribution < 1.29 is 9.22 Å². The van der Waals surface area contributed by atoms with Crippen molar-refractivity contribution in [2.45, 2.75) is 45.8 Å². The molecule has 0 saturated carbocycles. The summed E-state index contributed by atoms with van der Waals surface area (Å²) in [6.45, 7) is 13.0. The number of carbonyl (C=O) groups excluding carboxylic acids is 1. The second-order valence-electron chi connectivity index (χ2n) is 5.28. The highest BCUT2D eigenvalue weighted by Gasteiger charge is 2.38. The summed E-state index contributed by atoms with van der Waals surface area (Å²) in [5, 5.41) is 2.65. The van der Waals surface area contributed by atoms with Crippen molar-refractivity contribution in [3.8, 4) is 0 Å². The highest BCUT2D eigenvalue weighted by atomic mass is 28.4. The fourth-order valence-electron chi connectivity index (χ4n) is 0.868. The minimum Gasteiger partial charge on any atom is -0.547 e. The van der Waals surface area contributed by atoms with Crippen LogP contribution in [0, 0.1) is 0 Å². The Balaban J connectivity index is 4.44. The molecule has 1 N–H and O–H groups in total. The van der Waals surface area contributed by atoms with Crippen molar-refractivity contribution in [2.75, 3.05) is 0 Å². The van der Waals surface area contributed by atoms with E-state index in [1.807, 2.05) is 13.0 Å². The highest BCUT2D eigenvalue weighted by molar-refractivity contribution is 6.74. The average molecular weight is 241 g/mol. The number of amides is 1. The number of nitrogens with one attached hydrogen (secondary N) is 1. The second kappa shape index (κ2) is 5.89. The summed E-state index contributed by atoms with van der Waals surface area (Å²) in [5.41, 5.74) is 0. The largest absolute Gasteiger partial charge is 0.547 e. The zero-order chi connectivity index (χ0) is 12.8. The van der Waals surface area contributed by atoms with E-state index in [1.165, 1.54) is 0 Å². The smallest absolute Gasteiger partial charge is 0.250 e. The lowest BCUT2D eigenvalue weighted by Crippen LogP contribution is -2.40. The summed E-state index contributed by atoms with van der Waals surface area (Å²) >= 11 is 0.